The smallest absolute Gasteiger partial charge is 0.306 e. The molecule has 0 aliphatic rings. The van der Waals surface area contributed by atoms with Crippen LogP contribution in [0.5, 0.6) is 0 Å². The maximum atomic E-state index is 12.8. The van der Waals surface area contributed by atoms with E-state index >= 15 is 0 Å². The lowest BCUT2D eigenvalue weighted by molar-refractivity contribution is -0.150. The van der Waals surface area contributed by atoms with Gasteiger partial charge in [0.2, 0.25) is 0 Å². The van der Waals surface area contributed by atoms with Crippen LogP contribution in [0.4, 0.5) is 0 Å². The third-order valence-corrected chi connectivity index (χ3v) is 9.20. The van der Waals surface area contributed by atoms with E-state index in [0.29, 0.717) is 26.0 Å². The number of hydrogen-bond acceptors (Lipinski definition) is 6. The van der Waals surface area contributed by atoms with Gasteiger partial charge >= 0.3 is 11.9 Å². The minimum atomic E-state index is -0.0340. The quantitative estimate of drug-likeness (QED) is 0.0531. The molecule has 0 bridgehead atoms. The first-order valence-corrected chi connectivity index (χ1v) is 20.3. The molecule has 0 saturated carbocycles. The zero-order chi connectivity index (χ0) is 33.8. The fourth-order valence-corrected chi connectivity index (χ4v) is 6.19. The Morgan fingerprint density at radius 2 is 0.935 bits per heavy atom. The van der Waals surface area contributed by atoms with Crippen molar-refractivity contribution in [3.8, 4) is 0 Å². The molecule has 0 aliphatic heterocycles. The SMILES string of the molecule is CCCCCCCCC(CCCCCCCC)OC(=O)CCCN(CCO)CCCCCCCCCCCC(=O)OCCCCC. The largest absolute Gasteiger partial charge is 0.466 e. The van der Waals surface area contributed by atoms with Gasteiger partial charge in [0.1, 0.15) is 6.10 Å². The number of unbranched alkanes of at least 4 members (excludes halogenated alkanes) is 20. The number of hydrogen-bond donors (Lipinski definition) is 1. The lowest BCUT2D eigenvalue weighted by Crippen LogP contribution is -2.29. The van der Waals surface area contributed by atoms with Gasteiger partial charge in [-0.2, -0.15) is 0 Å². The average molecular weight is 654 g/mol. The Morgan fingerprint density at radius 3 is 1.48 bits per heavy atom. The van der Waals surface area contributed by atoms with Gasteiger partial charge in [-0.1, -0.05) is 143 Å². The Balaban J connectivity index is 4.05. The second kappa shape index (κ2) is 36.7. The number of aliphatic hydroxyl groups is 1. The molecule has 6 nitrogen and oxygen atoms in total. The number of ether oxygens (including phenoxy) is 2. The van der Waals surface area contributed by atoms with Crippen LogP contribution in [0.15, 0.2) is 0 Å². The summed E-state index contributed by atoms with van der Waals surface area (Å²) in [5.74, 6) is -0.0641. The summed E-state index contributed by atoms with van der Waals surface area (Å²) < 4.78 is 11.3. The molecule has 0 aromatic heterocycles. The molecule has 0 heterocycles. The first-order chi connectivity index (χ1) is 22.6. The minimum Gasteiger partial charge on any atom is -0.466 e. The van der Waals surface area contributed by atoms with E-state index in [4.69, 9.17) is 9.47 Å². The maximum Gasteiger partial charge on any atom is 0.306 e. The molecule has 0 aromatic carbocycles. The first-order valence-electron chi connectivity index (χ1n) is 20.3. The summed E-state index contributed by atoms with van der Waals surface area (Å²) >= 11 is 0. The molecule has 0 saturated heterocycles. The molecular formula is C40H79NO5. The predicted octanol–water partition coefficient (Wildman–Crippen LogP) is 11.1. The highest BCUT2D eigenvalue weighted by molar-refractivity contribution is 5.69. The van der Waals surface area contributed by atoms with Gasteiger partial charge in [0.15, 0.2) is 0 Å². The third kappa shape index (κ3) is 32.8. The van der Waals surface area contributed by atoms with E-state index in [1.54, 1.807) is 0 Å². The zero-order valence-corrected chi connectivity index (χ0v) is 31.1. The monoisotopic (exact) mass is 654 g/mol. The van der Waals surface area contributed by atoms with Crippen molar-refractivity contribution in [3.63, 3.8) is 0 Å². The van der Waals surface area contributed by atoms with Gasteiger partial charge in [-0.3, -0.25) is 9.59 Å². The van der Waals surface area contributed by atoms with Crippen molar-refractivity contribution in [1.82, 2.24) is 4.90 Å². The van der Waals surface area contributed by atoms with Crippen molar-refractivity contribution in [1.29, 1.82) is 0 Å². The number of nitrogens with zero attached hydrogens (tertiary/aromatic N) is 1. The Morgan fingerprint density at radius 1 is 0.500 bits per heavy atom. The molecule has 0 rings (SSSR count). The number of rotatable bonds is 37. The Labute approximate surface area is 286 Å². The van der Waals surface area contributed by atoms with Crippen LogP contribution >= 0.6 is 0 Å². The van der Waals surface area contributed by atoms with Gasteiger partial charge in [-0.15, -0.1) is 0 Å². The van der Waals surface area contributed by atoms with E-state index in [1.165, 1.54) is 116 Å². The molecule has 0 radical (unpaired) electrons. The predicted molar refractivity (Wildman–Crippen MR) is 195 cm³/mol. The zero-order valence-electron chi connectivity index (χ0n) is 31.1. The fraction of sp³-hybridized carbons (Fsp3) is 0.950. The molecule has 46 heavy (non-hydrogen) atoms. The van der Waals surface area contributed by atoms with Crippen molar-refractivity contribution in [3.05, 3.63) is 0 Å². The molecule has 6 heteroatoms. The Hall–Kier alpha value is -1.14. The van der Waals surface area contributed by atoms with E-state index in [2.05, 4.69) is 25.7 Å². The van der Waals surface area contributed by atoms with Crippen molar-refractivity contribution in [2.75, 3.05) is 32.8 Å². The van der Waals surface area contributed by atoms with E-state index in [-0.39, 0.29) is 24.6 Å². The van der Waals surface area contributed by atoms with Crippen LogP contribution in [-0.4, -0.2) is 60.9 Å². The lowest BCUT2D eigenvalue weighted by Gasteiger charge is -2.22. The summed E-state index contributed by atoms with van der Waals surface area (Å²) in [4.78, 5) is 26.8. The molecule has 0 atom stereocenters. The highest BCUT2D eigenvalue weighted by atomic mass is 16.5. The fourth-order valence-electron chi connectivity index (χ4n) is 6.19. The molecule has 0 aromatic rings. The van der Waals surface area contributed by atoms with Gasteiger partial charge in [-0.05, 0) is 64.5 Å². The Bertz CT molecular complexity index is 627. The van der Waals surface area contributed by atoms with Gasteiger partial charge in [0, 0.05) is 19.4 Å². The minimum absolute atomic E-state index is 0.0301. The summed E-state index contributed by atoms with van der Waals surface area (Å²) in [5.41, 5.74) is 0. The van der Waals surface area contributed by atoms with Gasteiger partial charge in [0.05, 0.1) is 13.2 Å². The van der Waals surface area contributed by atoms with Crippen molar-refractivity contribution in [2.24, 2.45) is 0 Å². The standard InChI is InChI=1S/C40H79NO5/c1-4-7-10-12-19-23-29-38(30-24-20-13-11-8-5-2)46-40(44)32-28-34-41(35-36-42)33-26-22-18-16-14-15-17-21-25-31-39(43)45-37-27-9-6-3/h38,42H,4-37H2,1-3H3. The van der Waals surface area contributed by atoms with Crippen LogP contribution in [-0.2, 0) is 19.1 Å². The summed E-state index contributed by atoms with van der Waals surface area (Å²) in [6.07, 6.45) is 33.2. The van der Waals surface area contributed by atoms with E-state index in [1.807, 2.05) is 0 Å². The summed E-state index contributed by atoms with van der Waals surface area (Å²) in [5, 5.41) is 9.56. The van der Waals surface area contributed by atoms with E-state index in [0.717, 1.165) is 70.9 Å². The van der Waals surface area contributed by atoms with Crippen LogP contribution in [0.3, 0.4) is 0 Å². The number of carbonyl (C=O) groups excluding carboxylic acids is 2. The molecule has 0 spiro atoms. The van der Waals surface area contributed by atoms with Crippen LogP contribution in [0, 0.1) is 0 Å². The topological polar surface area (TPSA) is 76.1 Å². The molecule has 0 unspecified atom stereocenters. The van der Waals surface area contributed by atoms with Gasteiger partial charge in [-0.25, -0.2) is 0 Å². The highest BCUT2D eigenvalue weighted by Gasteiger charge is 2.15. The second-order valence-corrected chi connectivity index (χ2v) is 13.8. The first kappa shape index (κ1) is 44.9. The molecule has 0 aliphatic carbocycles. The van der Waals surface area contributed by atoms with Crippen LogP contribution in [0.2, 0.25) is 0 Å². The van der Waals surface area contributed by atoms with Crippen molar-refractivity contribution < 1.29 is 24.2 Å². The average Bonchev–Trinajstić information content (AvgIpc) is 3.04. The molecule has 0 fully saturated rings. The highest BCUT2D eigenvalue weighted by Crippen LogP contribution is 2.18. The lowest BCUT2D eigenvalue weighted by atomic mass is 10.0. The van der Waals surface area contributed by atoms with E-state index in [9.17, 15) is 14.7 Å². The Kier molecular flexibility index (Phi) is 35.8. The second-order valence-electron chi connectivity index (χ2n) is 13.8. The third-order valence-electron chi connectivity index (χ3n) is 9.20. The number of aliphatic hydroxyl groups excluding tert-OH is 1. The normalized spacial score (nSPS) is 11.5. The maximum absolute atomic E-state index is 12.8. The molecule has 0 amide bonds. The summed E-state index contributed by atoms with van der Waals surface area (Å²) in [7, 11) is 0. The molecule has 1 N–H and O–H groups in total. The van der Waals surface area contributed by atoms with Crippen LogP contribution in [0.1, 0.15) is 207 Å². The van der Waals surface area contributed by atoms with Crippen molar-refractivity contribution >= 4 is 11.9 Å². The summed E-state index contributed by atoms with van der Waals surface area (Å²) in [6, 6.07) is 0. The van der Waals surface area contributed by atoms with Crippen LogP contribution < -0.4 is 0 Å². The molecular weight excluding hydrogens is 574 g/mol. The van der Waals surface area contributed by atoms with Gasteiger partial charge < -0.3 is 19.5 Å². The van der Waals surface area contributed by atoms with Crippen molar-refractivity contribution in [2.45, 2.75) is 213 Å². The number of esters is 2. The molecule has 274 valence electrons. The van der Waals surface area contributed by atoms with Crippen LogP contribution in [0.25, 0.3) is 0 Å². The summed E-state index contributed by atoms with van der Waals surface area (Å²) in [6.45, 7) is 9.93. The van der Waals surface area contributed by atoms with E-state index < -0.39 is 0 Å². The number of carbonyl (C=O) groups is 2. The van der Waals surface area contributed by atoms with Gasteiger partial charge in [0.25, 0.3) is 0 Å².